The third kappa shape index (κ3) is 1.64. The van der Waals surface area contributed by atoms with Gasteiger partial charge in [0, 0.05) is 11.7 Å². The van der Waals surface area contributed by atoms with Crippen molar-refractivity contribution in [2.75, 3.05) is 0 Å². The van der Waals surface area contributed by atoms with Gasteiger partial charge in [-0.3, -0.25) is 0 Å². The van der Waals surface area contributed by atoms with Crippen molar-refractivity contribution in [1.29, 1.82) is 0 Å². The highest BCUT2D eigenvalue weighted by Crippen LogP contribution is 2.41. The fourth-order valence-corrected chi connectivity index (χ4v) is 2.89. The number of nitrogens with zero attached hydrogens (tertiary/aromatic N) is 3. The molecule has 2 aromatic rings. The number of aromatic nitrogens is 3. The van der Waals surface area contributed by atoms with Gasteiger partial charge in [-0.1, -0.05) is 11.6 Å². The van der Waals surface area contributed by atoms with E-state index in [1.807, 2.05) is 6.07 Å². The van der Waals surface area contributed by atoms with Gasteiger partial charge < -0.3 is 4.57 Å². The van der Waals surface area contributed by atoms with Crippen LogP contribution in [-0.4, -0.2) is 14.5 Å². The number of halogens is 2. The van der Waals surface area contributed by atoms with Crippen LogP contribution in [0.25, 0.3) is 11.2 Å². The third-order valence-electron chi connectivity index (χ3n) is 3.62. The highest BCUT2D eigenvalue weighted by Gasteiger charge is 2.36. The molecule has 0 unspecified atom stereocenters. The van der Waals surface area contributed by atoms with Crippen LogP contribution in [0.4, 0.5) is 0 Å². The first kappa shape index (κ1) is 11.3. The topological polar surface area (TPSA) is 30.7 Å². The van der Waals surface area contributed by atoms with Crippen LogP contribution >= 0.6 is 23.2 Å². The molecule has 0 aromatic carbocycles. The van der Waals surface area contributed by atoms with E-state index in [9.17, 15) is 0 Å². The summed E-state index contributed by atoms with van der Waals surface area (Å²) in [6.45, 7) is 2.24. The number of hydrogen-bond acceptors (Lipinski definition) is 2. The Hall–Kier alpha value is -0.800. The van der Waals surface area contributed by atoms with Gasteiger partial charge in [0.15, 0.2) is 5.65 Å². The maximum atomic E-state index is 5.99. The molecule has 0 aliphatic heterocycles. The second-order valence-electron chi connectivity index (χ2n) is 4.84. The number of rotatable bonds is 2. The van der Waals surface area contributed by atoms with E-state index in [2.05, 4.69) is 21.5 Å². The molecule has 90 valence electrons. The quantitative estimate of drug-likeness (QED) is 0.778. The molecule has 1 fully saturated rings. The second-order valence-corrected chi connectivity index (χ2v) is 5.55. The van der Waals surface area contributed by atoms with Gasteiger partial charge in [0.2, 0.25) is 0 Å². The lowest BCUT2D eigenvalue weighted by molar-refractivity contribution is 0.170. The number of hydrogen-bond donors (Lipinski definition) is 0. The monoisotopic (exact) mass is 269 g/mol. The van der Waals surface area contributed by atoms with Gasteiger partial charge in [0.25, 0.3) is 0 Å². The highest BCUT2D eigenvalue weighted by atomic mass is 35.5. The summed E-state index contributed by atoms with van der Waals surface area (Å²) >= 11 is 11.9. The molecular formula is C12H13Cl2N3. The van der Waals surface area contributed by atoms with Crippen LogP contribution in [-0.2, 0) is 11.4 Å². The molecular weight excluding hydrogens is 257 g/mol. The van der Waals surface area contributed by atoms with Crippen molar-refractivity contribution in [3.63, 3.8) is 0 Å². The van der Waals surface area contributed by atoms with Gasteiger partial charge in [-0.2, -0.15) is 0 Å². The average molecular weight is 270 g/mol. The Balaban J connectivity index is 2.27. The van der Waals surface area contributed by atoms with Crippen molar-refractivity contribution < 1.29 is 0 Å². The molecule has 0 N–H and O–H groups in total. The zero-order valence-corrected chi connectivity index (χ0v) is 11.1. The molecule has 2 aromatic heterocycles. The van der Waals surface area contributed by atoms with Crippen molar-refractivity contribution in [2.45, 2.75) is 37.6 Å². The summed E-state index contributed by atoms with van der Waals surface area (Å²) in [6, 6.07) is 1.85. The van der Waals surface area contributed by atoms with Crippen LogP contribution in [0.1, 0.15) is 32.0 Å². The van der Waals surface area contributed by atoms with Gasteiger partial charge >= 0.3 is 0 Å². The van der Waals surface area contributed by atoms with E-state index >= 15 is 0 Å². The number of pyridine rings is 1. The molecule has 1 saturated carbocycles. The molecule has 3 nitrogen and oxygen atoms in total. The minimum atomic E-state index is 0.125. The van der Waals surface area contributed by atoms with Crippen molar-refractivity contribution in [3.05, 3.63) is 23.1 Å². The lowest BCUT2D eigenvalue weighted by atomic mass is 9.78. The molecule has 0 saturated heterocycles. The Bertz CT molecular complexity index is 572. The lowest BCUT2D eigenvalue weighted by Crippen LogP contribution is -2.38. The third-order valence-corrected chi connectivity index (χ3v) is 4.07. The molecule has 0 radical (unpaired) electrons. The number of alkyl halides is 1. The van der Waals surface area contributed by atoms with Gasteiger partial charge in [0.05, 0.1) is 10.9 Å². The summed E-state index contributed by atoms with van der Waals surface area (Å²) < 4.78 is 2.19. The number of imidazole rings is 1. The van der Waals surface area contributed by atoms with Gasteiger partial charge in [-0.05, 0) is 32.3 Å². The average Bonchev–Trinajstić information content (AvgIpc) is 2.63. The first-order valence-electron chi connectivity index (χ1n) is 5.73. The molecule has 1 aliphatic carbocycles. The van der Waals surface area contributed by atoms with E-state index in [0.29, 0.717) is 10.9 Å². The Morgan fingerprint density at radius 3 is 2.82 bits per heavy atom. The van der Waals surface area contributed by atoms with Crippen molar-refractivity contribution in [1.82, 2.24) is 14.5 Å². The summed E-state index contributed by atoms with van der Waals surface area (Å²) in [6.07, 6.45) is 5.24. The number of fused-ring (bicyclic) bond motifs is 1. The van der Waals surface area contributed by atoms with E-state index in [1.54, 1.807) is 6.20 Å². The molecule has 0 spiro atoms. The molecule has 3 rings (SSSR count). The fraction of sp³-hybridized carbons (Fsp3) is 0.500. The van der Waals surface area contributed by atoms with Gasteiger partial charge in [-0.25, -0.2) is 9.97 Å². The Morgan fingerprint density at radius 2 is 2.24 bits per heavy atom. The molecule has 0 amide bonds. The van der Waals surface area contributed by atoms with Crippen LogP contribution < -0.4 is 0 Å². The molecule has 2 heterocycles. The second kappa shape index (κ2) is 3.85. The first-order valence-corrected chi connectivity index (χ1v) is 6.65. The van der Waals surface area contributed by atoms with Crippen LogP contribution in [0.5, 0.6) is 0 Å². The molecule has 0 bridgehead atoms. The minimum Gasteiger partial charge on any atom is -0.306 e. The standard InChI is InChI=1S/C12H13Cl2N3/c1-12(3-2-4-12)17-10(6-13)16-9-5-8(14)7-15-11(9)17/h5,7H,2-4,6H2,1H3. The van der Waals surface area contributed by atoms with Crippen molar-refractivity contribution in [2.24, 2.45) is 0 Å². The maximum absolute atomic E-state index is 5.99. The zero-order valence-electron chi connectivity index (χ0n) is 9.58. The van der Waals surface area contributed by atoms with E-state index < -0.39 is 0 Å². The SMILES string of the molecule is CC1(n2c(CCl)nc3cc(Cl)cnc32)CCC1. The first-order chi connectivity index (χ1) is 8.14. The summed E-state index contributed by atoms with van der Waals surface area (Å²) in [4.78, 5) is 8.93. The summed E-state index contributed by atoms with van der Waals surface area (Å²) in [7, 11) is 0. The van der Waals surface area contributed by atoms with Crippen LogP contribution in [0.3, 0.4) is 0 Å². The fourth-order valence-electron chi connectivity index (χ4n) is 2.56. The normalized spacial score (nSPS) is 18.3. The van der Waals surface area contributed by atoms with E-state index in [0.717, 1.165) is 29.8 Å². The Morgan fingerprint density at radius 1 is 1.47 bits per heavy atom. The van der Waals surface area contributed by atoms with Crippen LogP contribution in [0.2, 0.25) is 5.02 Å². The van der Waals surface area contributed by atoms with Gasteiger partial charge in [-0.15, -0.1) is 11.6 Å². The zero-order chi connectivity index (χ0) is 12.0. The minimum absolute atomic E-state index is 0.125. The molecule has 0 atom stereocenters. The molecule has 17 heavy (non-hydrogen) atoms. The smallest absolute Gasteiger partial charge is 0.160 e. The largest absolute Gasteiger partial charge is 0.306 e. The summed E-state index contributed by atoms with van der Waals surface area (Å²) in [5.74, 6) is 1.29. The Kier molecular flexibility index (Phi) is 2.56. The van der Waals surface area contributed by atoms with Crippen LogP contribution in [0, 0.1) is 0 Å². The van der Waals surface area contributed by atoms with E-state index in [4.69, 9.17) is 23.2 Å². The summed E-state index contributed by atoms with van der Waals surface area (Å²) in [5.41, 5.74) is 1.85. The van der Waals surface area contributed by atoms with E-state index in [1.165, 1.54) is 6.42 Å². The predicted octanol–water partition coefficient (Wildman–Crippen LogP) is 3.72. The van der Waals surface area contributed by atoms with Crippen LogP contribution in [0.15, 0.2) is 12.3 Å². The lowest BCUT2D eigenvalue weighted by Gasteiger charge is -2.40. The van der Waals surface area contributed by atoms with Gasteiger partial charge in [0.1, 0.15) is 11.3 Å². The maximum Gasteiger partial charge on any atom is 0.160 e. The van der Waals surface area contributed by atoms with Crippen molar-refractivity contribution >= 4 is 34.4 Å². The predicted molar refractivity (Wildman–Crippen MR) is 69.6 cm³/mol. The molecule has 1 aliphatic rings. The Labute approximate surface area is 110 Å². The van der Waals surface area contributed by atoms with E-state index in [-0.39, 0.29) is 5.54 Å². The summed E-state index contributed by atoms with van der Waals surface area (Å²) in [5, 5.41) is 0.613. The molecule has 5 heteroatoms. The van der Waals surface area contributed by atoms with Crippen molar-refractivity contribution in [3.8, 4) is 0 Å². The highest BCUT2D eigenvalue weighted by molar-refractivity contribution is 6.31.